The van der Waals surface area contributed by atoms with Crippen molar-refractivity contribution >= 4 is 22.1 Å². The van der Waals surface area contributed by atoms with Crippen LogP contribution in [0.1, 0.15) is 0 Å². The smallest absolute Gasteiger partial charge is 0.417 e. The molecule has 4 rings (SSSR count). The third-order valence-corrected chi connectivity index (χ3v) is 2.85. The standard InChI is InChI=1S/C9H6O2.C7H5NO2/c10-9-6-5-7-3-1-2-4-8(7)11-9;9-7-8-5-3-1-2-4-6(5)10-7/h1-6H;1-4H,(H,8,9). The van der Waals surface area contributed by atoms with Crippen LogP contribution in [0.4, 0.5) is 0 Å². The van der Waals surface area contributed by atoms with Gasteiger partial charge in [0.15, 0.2) is 5.58 Å². The number of fused-ring (bicyclic) bond motifs is 2. The summed E-state index contributed by atoms with van der Waals surface area (Å²) in [6.07, 6.45) is 0. The van der Waals surface area contributed by atoms with Crippen molar-refractivity contribution < 1.29 is 8.83 Å². The Morgan fingerprint density at radius 1 is 0.714 bits per heavy atom. The first-order chi connectivity index (χ1) is 10.2. The molecule has 1 N–H and O–H groups in total. The molecule has 0 spiro atoms. The number of oxazole rings is 1. The molecule has 0 unspecified atom stereocenters. The van der Waals surface area contributed by atoms with Gasteiger partial charge in [0, 0.05) is 11.5 Å². The molecular weight excluding hydrogens is 270 g/mol. The fourth-order valence-electron chi connectivity index (χ4n) is 1.91. The predicted molar refractivity (Wildman–Crippen MR) is 79.3 cm³/mol. The Morgan fingerprint density at radius 3 is 2.24 bits per heavy atom. The Hall–Kier alpha value is -3.08. The fraction of sp³-hybridized carbons (Fsp3) is 0. The Bertz CT molecular complexity index is 958. The Balaban J connectivity index is 0.000000126. The minimum atomic E-state index is -0.402. The van der Waals surface area contributed by atoms with E-state index in [1.165, 1.54) is 6.07 Å². The molecule has 21 heavy (non-hydrogen) atoms. The minimum Gasteiger partial charge on any atom is -0.423 e. The van der Waals surface area contributed by atoms with Crippen LogP contribution in [0, 0.1) is 0 Å². The first-order valence-electron chi connectivity index (χ1n) is 6.29. The summed E-state index contributed by atoms with van der Waals surface area (Å²) in [5.74, 6) is -0.402. The second-order valence-electron chi connectivity index (χ2n) is 4.30. The van der Waals surface area contributed by atoms with Gasteiger partial charge in [-0.1, -0.05) is 30.3 Å². The van der Waals surface area contributed by atoms with Crippen LogP contribution in [0.2, 0.25) is 0 Å². The van der Waals surface area contributed by atoms with E-state index >= 15 is 0 Å². The predicted octanol–water partition coefficient (Wildman–Crippen LogP) is 2.91. The van der Waals surface area contributed by atoms with Crippen molar-refractivity contribution in [3.63, 3.8) is 0 Å². The van der Waals surface area contributed by atoms with Gasteiger partial charge in [-0.3, -0.25) is 4.98 Å². The van der Waals surface area contributed by atoms with E-state index in [4.69, 9.17) is 8.83 Å². The summed E-state index contributed by atoms with van der Waals surface area (Å²) in [5.41, 5.74) is 1.68. The summed E-state index contributed by atoms with van der Waals surface area (Å²) in [6.45, 7) is 0. The highest BCUT2D eigenvalue weighted by atomic mass is 16.4. The van der Waals surface area contributed by atoms with Crippen LogP contribution in [-0.2, 0) is 0 Å². The maximum atomic E-state index is 10.7. The summed E-state index contributed by atoms with van der Waals surface area (Å²) in [6, 6.07) is 17.8. The molecule has 0 aliphatic rings. The van der Waals surface area contributed by atoms with Crippen LogP contribution in [0.15, 0.2) is 79.1 Å². The lowest BCUT2D eigenvalue weighted by Gasteiger charge is -1.91. The third kappa shape index (κ3) is 2.92. The van der Waals surface area contributed by atoms with Gasteiger partial charge in [-0.2, -0.15) is 0 Å². The van der Waals surface area contributed by atoms with Crippen LogP contribution in [0.3, 0.4) is 0 Å². The maximum Gasteiger partial charge on any atom is 0.417 e. The summed E-state index contributed by atoms with van der Waals surface area (Å²) >= 11 is 0. The molecule has 5 heteroatoms. The van der Waals surface area contributed by atoms with E-state index < -0.39 is 5.76 Å². The zero-order valence-electron chi connectivity index (χ0n) is 10.9. The number of para-hydroxylation sites is 3. The number of benzene rings is 2. The average Bonchev–Trinajstić information content (AvgIpc) is 2.88. The van der Waals surface area contributed by atoms with Crippen molar-refractivity contribution in [2.75, 3.05) is 0 Å². The van der Waals surface area contributed by atoms with Crippen LogP contribution in [0.25, 0.3) is 22.1 Å². The fourth-order valence-corrected chi connectivity index (χ4v) is 1.91. The molecule has 0 radical (unpaired) electrons. The van der Waals surface area contributed by atoms with E-state index in [0.717, 1.165) is 10.9 Å². The van der Waals surface area contributed by atoms with Gasteiger partial charge in [0.25, 0.3) is 0 Å². The van der Waals surface area contributed by atoms with E-state index in [1.807, 2.05) is 30.3 Å². The van der Waals surface area contributed by atoms with Crippen molar-refractivity contribution in [2.24, 2.45) is 0 Å². The molecule has 5 nitrogen and oxygen atoms in total. The summed E-state index contributed by atoms with van der Waals surface area (Å²) in [4.78, 5) is 23.8. The molecule has 0 amide bonds. The molecule has 0 saturated heterocycles. The molecule has 2 aromatic heterocycles. The maximum absolute atomic E-state index is 10.7. The first-order valence-corrected chi connectivity index (χ1v) is 6.29. The highest BCUT2D eigenvalue weighted by molar-refractivity contribution is 5.75. The molecule has 0 fully saturated rings. The van der Waals surface area contributed by atoms with Crippen molar-refractivity contribution in [2.45, 2.75) is 0 Å². The van der Waals surface area contributed by atoms with Gasteiger partial charge in [-0.15, -0.1) is 0 Å². The van der Waals surface area contributed by atoms with E-state index in [0.29, 0.717) is 11.2 Å². The van der Waals surface area contributed by atoms with Gasteiger partial charge in [-0.05, 0) is 24.3 Å². The van der Waals surface area contributed by atoms with Crippen molar-refractivity contribution in [1.82, 2.24) is 4.98 Å². The SMILES string of the molecule is O=c1[nH]c2ccccc2o1.O=c1ccc2ccccc2o1. The number of hydrogen-bond donors (Lipinski definition) is 1. The average molecular weight is 281 g/mol. The van der Waals surface area contributed by atoms with Crippen LogP contribution in [-0.4, -0.2) is 4.98 Å². The highest BCUT2D eigenvalue weighted by Crippen LogP contribution is 2.09. The number of hydrogen-bond acceptors (Lipinski definition) is 4. The van der Waals surface area contributed by atoms with Gasteiger partial charge >= 0.3 is 11.4 Å². The lowest BCUT2D eigenvalue weighted by atomic mass is 10.2. The Kier molecular flexibility index (Phi) is 3.39. The van der Waals surface area contributed by atoms with Crippen LogP contribution < -0.4 is 11.4 Å². The first kappa shape index (κ1) is 12.9. The van der Waals surface area contributed by atoms with Gasteiger partial charge in [0.1, 0.15) is 5.58 Å². The van der Waals surface area contributed by atoms with Gasteiger partial charge < -0.3 is 8.83 Å². The lowest BCUT2D eigenvalue weighted by molar-refractivity contribution is 0.555. The van der Waals surface area contributed by atoms with Crippen LogP contribution in [0.5, 0.6) is 0 Å². The minimum absolute atomic E-state index is 0.302. The number of aromatic amines is 1. The summed E-state index contributed by atoms with van der Waals surface area (Å²) < 4.78 is 9.66. The zero-order valence-corrected chi connectivity index (χ0v) is 10.9. The number of aromatic nitrogens is 1. The lowest BCUT2D eigenvalue weighted by Crippen LogP contribution is -1.93. The second kappa shape index (κ2) is 5.50. The topological polar surface area (TPSA) is 76.2 Å². The normalized spacial score (nSPS) is 10.3. The molecule has 0 bridgehead atoms. The van der Waals surface area contributed by atoms with Crippen molar-refractivity contribution in [3.05, 3.63) is 81.6 Å². The largest absolute Gasteiger partial charge is 0.423 e. The molecule has 104 valence electrons. The monoisotopic (exact) mass is 281 g/mol. The molecule has 0 atom stereocenters. The number of rotatable bonds is 0. The van der Waals surface area contributed by atoms with Gasteiger partial charge in [0.2, 0.25) is 0 Å². The van der Waals surface area contributed by atoms with Gasteiger partial charge in [-0.25, -0.2) is 9.59 Å². The number of H-pyrrole nitrogens is 1. The Morgan fingerprint density at radius 2 is 1.43 bits per heavy atom. The zero-order chi connectivity index (χ0) is 14.7. The molecular formula is C16H11NO4. The second-order valence-corrected chi connectivity index (χ2v) is 4.30. The molecule has 2 heterocycles. The molecule has 2 aromatic carbocycles. The molecule has 0 aliphatic carbocycles. The molecule has 0 saturated carbocycles. The summed E-state index contributed by atoms with van der Waals surface area (Å²) in [5, 5.41) is 0.951. The Labute approximate surface area is 118 Å². The van der Waals surface area contributed by atoms with Crippen molar-refractivity contribution in [3.8, 4) is 0 Å². The van der Waals surface area contributed by atoms with E-state index in [1.54, 1.807) is 24.3 Å². The van der Waals surface area contributed by atoms with Crippen molar-refractivity contribution in [1.29, 1.82) is 0 Å². The van der Waals surface area contributed by atoms with E-state index in [2.05, 4.69) is 4.98 Å². The van der Waals surface area contributed by atoms with Gasteiger partial charge in [0.05, 0.1) is 5.52 Å². The molecule has 4 aromatic rings. The summed E-state index contributed by atoms with van der Waals surface area (Å²) in [7, 11) is 0. The highest BCUT2D eigenvalue weighted by Gasteiger charge is 1.95. The quantitative estimate of drug-likeness (QED) is 0.503. The molecule has 0 aliphatic heterocycles. The number of nitrogens with one attached hydrogen (secondary N) is 1. The third-order valence-electron chi connectivity index (χ3n) is 2.85. The van der Waals surface area contributed by atoms with Crippen LogP contribution >= 0.6 is 0 Å². The van der Waals surface area contributed by atoms with E-state index in [-0.39, 0.29) is 5.63 Å². The van der Waals surface area contributed by atoms with E-state index in [9.17, 15) is 9.59 Å².